The minimum absolute atomic E-state index is 0.331. The van der Waals surface area contributed by atoms with Crippen LogP contribution in [-0.4, -0.2) is 19.6 Å². The van der Waals surface area contributed by atoms with Crippen molar-refractivity contribution in [3.05, 3.63) is 42.1 Å². The Morgan fingerprint density at radius 2 is 2.07 bits per heavy atom. The molecule has 0 amide bonds. The summed E-state index contributed by atoms with van der Waals surface area (Å²) >= 11 is 0. The molecular formula is C12H15NO2. The minimum Gasteiger partial charge on any atom is -0.465 e. The zero-order valence-electron chi connectivity index (χ0n) is 8.99. The maximum Gasteiger partial charge on any atom is 0.339 e. The predicted molar refractivity (Wildman–Crippen MR) is 60.1 cm³/mol. The van der Waals surface area contributed by atoms with E-state index < -0.39 is 0 Å². The smallest absolute Gasteiger partial charge is 0.339 e. The fourth-order valence-corrected chi connectivity index (χ4v) is 1.19. The quantitative estimate of drug-likeness (QED) is 0.601. The van der Waals surface area contributed by atoms with Crippen molar-refractivity contribution in [1.82, 2.24) is 5.32 Å². The van der Waals surface area contributed by atoms with Crippen molar-refractivity contribution in [2.45, 2.75) is 6.92 Å². The van der Waals surface area contributed by atoms with E-state index in [4.69, 9.17) is 4.74 Å². The molecule has 0 saturated heterocycles. The average molecular weight is 205 g/mol. The number of benzene rings is 1. The number of hydrogen-bond acceptors (Lipinski definition) is 3. The number of ether oxygens (including phenoxy) is 1. The van der Waals surface area contributed by atoms with Crippen LogP contribution >= 0.6 is 0 Å². The van der Waals surface area contributed by atoms with Crippen LogP contribution in [0.5, 0.6) is 0 Å². The van der Waals surface area contributed by atoms with E-state index in [-0.39, 0.29) is 5.97 Å². The largest absolute Gasteiger partial charge is 0.465 e. The Bertz CT molecular complexity index is 344. The Morgan fingerprint density at radius 3 is 2.60 bits per heavy atom. The van der Waals surface area contributed by atoms with Gasteiger partial charge in [-0.2, -0.15) is 0 Å². The summed E-state index contributed by atoms with van der Waals surface area (Å²) in [4.78, 5) is 11.5. The van der Waals surface area contributed by atoms with Crippen molar-refractivity contribution in [2.75, 3.05) is 13.7 Å². The van der Waals surface area contributed by atoms with Gasteiger partial charge >= 0.3 is 5.97 Å². The van der Waals surface area contributed by atoms with E-state index in [2.05, 4.69) is 5.32 Å². The molecule has 0 aliphatic rings. The second kappa shape index (κ2) is 5.86. The third-order valence-electron chi connectivity index (χ3n) is 1.94. The summed E-state index contributed by atoms with van der Waals surface area (Å²) in [6, 6.07) is 9.43. The van der Waals surface area contributed by atoms with Crippen LogP contribution in [0.3, 0.4) is 0 Å². The average Bonchev–Trinajstić information content (AvgIpc) is 2.30. The van der Waals surface area contributed by atoms with E-state index in [1.807, 2.05) is 37.3 Å². The number of hydrogen-bond donors (Lipinski definition) is 1. The summed E-state index contributed by atoms with van der Waals surface area (Å²) in [6.07, 6.45) is 1.68. The lowest BCUT2D eigenvalue weighted by atomic mass is 10.1. The summed E-state index contributed by atoms with van der Waals surface area (Å²) in [5.74, 6) is -0.331. The van der Waals surface area contributed by atoms with Crippen molar-refractivity contribution in [3.63, 3.8) is 0 Å². The van der Waals surface area contributed by atoms with Crippen molar-refractivity contribution < 1.29 is 9.53 Å². The Labute approximate surface area is 89.8 Å². The van der Waals surface area contributed by atoms with Gasteiger partial charge < -0.3 is 10.1 Å². The first-order valence-electron chi connectivity index (χ1n) is 4.87. The van der Waals surface area contributed by atoms with Gasteiger partial charge in [0.2, 0.25) is 0 Å². The van der Waals surface area contributed by atoms with Crippen LogP contribution in [0, 0.1) is 0 Å². The van der Waals surface area contributed by atoms with Gasteiger partial charge in [-0.05, 0) is 12.5 Å². The first-order valence-corrected chi connectivity index (χ1v) is 4.87. The summed E-state index contributed by atoms with van der Waals surface area (Å²) in [5, 5.41) is 3.00. The lowest BCUT2D eigenvalue weighted by molar-refractivity contribution is -0.133. The summed E-state index contributed by atoms with van der Waals surface area (Å²) < 4.78 is 4.72. The second-order valence-electron chi connectivity index (χ2n) is 2.97. The highest BCUT2D eigenvalue weighted by molar-refractivity contribution is 6.16. The van der Waals surface area contributed by atoms with Gasteiger partial charge in [-0.1, -0.05) is 30.3 Å². The molecule has 1 aromatic carbocycles. The van der Waals surface area contributed by atoms with Gasteiger partial charge in [0.25, 0.3) is 0 Å². The zero-order valence-corrected chi connectivity index (χ0v) is 8.99. The molecule has 0 unspecified atom stereocenters. The molecule has 3 nitrogen and oxygen atoms in total. The van der Waals surface area contributed by atoms with Crippen molar-refractivity contribution in [3.8, 4) is 0 Å². The van der Waals surface area contributed by atoms with Crippen molar-refractivity contribution >= 4 is 11.5 Å². The van der Waals surface area contributed by atoms with Gasteiger partial charge in [0.1, 0.15) is 0 Å². The van der Waals surface area contributed by atoms with Gasteiger partial charge in [0.15, 0.2) is 0 Å². The Hall–Kier alpha value is -1.77. The molecule has 15 heavy (non-hydrogen) atoms. The maximum atomic E-state index is 11.5. The van der Waals surface area contributed by atoms with Gasteiger partial charge in [-0.3, -0.25) is 0 Å². The van der Waals surface area contributed by atoms with Gasteiger partial charge in [-0.15, -0.1) is 0 Å². The molecule has 0 heterocycles. The SMILES string of the molecule is CCNC=C(C(=O)OC)c1ccccc1. The van der Waals surface area contributed by atoms with Gasteiger partial charge in [0.05, 0.1) is 12.7 Å². The minimum atomic E-state index is -0.331. The number of nitrogens with one attached hydrogen (secondary N) is 1. The second-order valence-corrected chi connectivity index (χ2v) is 2.97. The van der Waals surface area contributed by atoms with Crippen LogP contribution in [-0.2, 0) is 9.53 Å². The molecule has 0 saturated carbocycles. The monoisotopic (exact) mass is 205 g/mol. The fraction of sp³-hybridized carbons (Fsp3) is 0.250. The third-order valence-corrected chi connectivity index (χ3v) is 1.94. The van der Waals surface area contributed by atoms with Crippen LogP contribution in [0.1, 0.15) is 12.5 Å². The number of methoxy groups -OCH3 is 1. The van der Waals surface area contributed by atoms with E-state index in [1.54, 1.807) is 6.20 Å². The topological polar surface area (TPSA) is 38.3 Å². The molecule has 80 valence electrons. The van der Waals surface area contributed by atoms with E-state index in [0.717, 1.165) is 12.1 Å². The number of rotatable bonds is 4. The summed E-state index contributed by atoms with van der Waals surface area (Å²) in [7, 11) is 1.38. The number of carbonyl (C=O) groups excluding carboxylic acids is 1. The predicted octanol–water partition coefficient (Wildman–Crippen LogP) is 1.81. The first-order chi connectivity index (χ1) is 7.29. The lowest BCUT2D eigenvalue weighted by Crippen LogP contribution is -2.10. The third kappa shape index (κ3) is 3.13. The van der Waals surface area contributed by atoms with Crippen molar-refractivity contribution in [1.29, 1.82) is 0 Å². The Morgan fingerprint density at radius 1 is 1.40 bits per heavy atom. The molecule has 1 aromatic rings. The molecule has 0 bridgehead atoms. The van der Waals surface area contributed by atoms with Crippen LogP contribution in [0.25, 0.3) is 5.57 Å². The maximum absolute atomic E-state index is 11.5. The molecule has 0 aliphatic heterocycles. The highest BCUT2D eigenvalue weighted by Gasteiger charge is 2.10. The summed E-state index contributed by atoms with van der Waals surface area (Å²) in [5.41, 5.74) is 1.39. The Kier molecular flexibility index (Phi) is 4.41. The van der Waals surface area contributed by atoms with Gasteiger partial charge in [-0.25, -0.2) is 4.79 Å². The highest BCUT2D eigenvalue weighted by Crippen LogP contribution is 2.14. The van der Waals surface area contributed by atoms with Gasteiger partial charge in [0, 0.05) is 12.7 Å². The van der Waals surface area contributed by atoms with E-state index >= 15 is 0 Å². The van der Waals surface area contributed by atoms with Crippen LogP contribution in [0.15, 0.2) is 36.5 Å². The lowest BCUT2D eigenvalue weighted by Gasteiger charge is -2.05. The molecule has 3 heteroatoms. The van der Waals surface area contributed by atoms with E-state index in [1.165, 1.54) is 7.11 Å². The first kappa shape index (κ1) is 11.3. The molecule has 0 fully saturated rings. The Balaban J connectivity index is 2.96. The number of carbonyl (C=O) groups is 1. The normalized spacial score (nSPS) is 10.9. The molecule has 0 spiro atoms. The molecule has 0 aromatic heterocycles. The standard InChI is InChI=1S/C12H15NO2/c1-3-13-9-11(12(14)15-2)10-7-5-4-6-8-10/h4-9,13H,3H2,1-2H3. The molecule has 1 rings (SSSR count). The molecule has 0 aliphatic carbocycles. The molecular weight excluding hydrogens is 190 g/mol. The molecule has 1 N–H and O–H groups in total. The van der Waals surface area contributed by atoms with E-state index in [0.29, 0.717) is 5.57 Å². The highest BCUT2D eigenvalue weighted by atomic mass is 16.5. The van der Waals surface area contributed by atoms with Crippen LogP contribution in [0.2, 0.25) is 0 Å². The molecule has 0 atom stereocenters. The molecule has 0 radical (unpaired) electrons. The number of esters is 1. The van der Waals surface area contributed by atoms with Crippen LogP contribution in [0.4, 0.5) is 0 Å². The van der Waals surface area contributed by atoms with Crippen molar-refractivity contribution in [2.24, 2.45) is 0 Å². The fourth-order valence-electron chi connectivity index (χ4n) is 1.19. The van der Waals surface area contributed by atoms with E-state index in [9.17, 15) is 4.79 Å². The summed E-state index contributed by atoms with van der Waals surface area (Å²) in [6.45, 7) is 2.74. The zero-order chi connectivity index (χ0) is 11.1. The van der Waals surface area contributed by atoms with Crippen LogP contribution < -0.4 is 5.32 Å².